The van der Waals surface area contributed by atoms with Gasteiger partial charge < -0.3 is 41.1 Å². The average Bonchev–Trinajstić information content (AvgIpc) is 3.45. The van der Waals surface area contributed by atoms with Crippen LogP contribution in [-0.4, -0.2) is 81.4 Å². The van der Waals surface area contributed by atoms with E-state index < -0.39 is 77.1 Å². The van der Waals surface area contributed by atoms with Gasteiger partial charge in [0.05, 0.1) is 18.7 Å². The lowest BCUT2D eigenvalue weighted by molar-refractivity contribution is -0.144. The maximum atomic E-state index is 13.9. The van der Waals surface area contributed by atoms with E-state index in [9.17, 15) is 34.2 Å². The SMILES string of the molecule is C=C[C@@H]1C[C@]1(NC(=O)[C@@H]1C[C@@H](OC(=O)NCc2ccccc2)CN1C(=O)N[C@H](C(=O)N[C@H]1c2ccccc2C[C@H]1O)C(C)(C)C)C(=O)O. The van der Waals surface area contributed by atoms with E-state index in [-0.39, 0.29) is 25.9 Å². The highest BCUT2D eigenvalue weighted by Crippen LogP contribution is 2.45. The maximum Gasteiger partial charge on any atom is 0.407 e. The number of nitrogens with one attached hydrogen (secondary N) is 4. The summed E-state index contributed by atoms with van der Waals surface area (Å²) in [6.07, 6.45) is -0.590. The van der Waals surface area contributed by atoms with E-state index in [4.69, 9.17) is 4.74 Å². The summed E-state index contributed by atoms with van der Waals surface area (Å²) in [5, 5.41) is 31.5. The summed E-state index contributed by atoms with van der Waals surface area (Å²) in [5.41, 5.74) is 0.222. The molecule has 0 aromatic heterocycles. The number of carbonyl (C=O) groups is 5. The Balaban J connectivity index is 1.31. The normalized spacial score (nSPS) is 26.4. The molecule has 13 heteroatoms. The standard InChI is InChI=1S/C35H43N5O8/c1-5-22-17-35(22,31(44)45)39-29(42)25-16-23(48-33(47)36-18-20-11-7-6-8-12-20)19-40(25)32(46)38-28(34(2,3)4)30(43)37-27-24-14-10-9-13-21(24)15-26(27)41/h5-14,22-23,25-28,41H,1,15-19H2,2-4H3,(H,36,47)(H,37,43)(H,38,46)(H,39,42)(H,44,45)/t22-,23-,25+,26-,27+,28-,35-/m1/s1. The van der Waals surface area contributed by atoms with Crippen LogP contribution in [0.2, 0.25) is 0 Å². The van der Waals surface area contributed by atoms with E-state index in [1.165, 1.54) is 6.08 Å². The summed E-state index contributed by atoms with van der Waals surface area (Å²) in [6, 6.07) is 12.9. The summed E-state index contributed by atoms with van der Waals surface area (Å²) in [6.45, 7) is 8.98. The van der Waals surface area contributed by atoms with Gasteiger partial charge >= 0.3 is 18.1 Å². The zero-order valence-electron chi connectivity index (χ0n) is 27.3. The third-order valence-corrected chi connectivity index (χ3v) is 9.30. The number of benzene rings is 2. The number of carbonyl (C=O) groups excluding carboxylic acids is 4. The molecule has 256 valence electrons. The van der Waals surface area contributed by atoms with Gasteiger partial charge in [0.1, 0.15) is 23.7 Å². The van der Waals surface area contributed by atoms with Crippen molar-refractivity contribution in [2.45, 2.75) is 82.5 Å². The molecule has 1 aliphatic heterocycles. The molecule has 3 aliphatic rings. The molecule has 2 fully saturated rings. The van der Waals surface area contributed by atoms with E-state index >= 15 is 0 Å². The average molecular weight is 662 g/mol. The number of ether oxygens (including phenoxy) is 1. The van der Waals surface area contributed by atoms with Crippen LogP contribution in [0.5, 0.6) is 0 Å². The molecule has 1 saturated carbocycles. The van der Waals surface area contributed by atoms with Crippen LogP contribution < -0.4 is 21.3 Å². The molecule has 1 saturated heterocycles. The van der Waals surface area contributed by atoms with Gasteiger partial charge in [-0.1, -0.05) is 81.4 Å². The van der Waals surface area contributed by atoms with Crippen molar-refractivity contribution in [1.82, 2.24) is 26.2 Å². The Morgan fingerprint density at radius 3 is 2.42 bits per heavy atom. The lowest BCUT2D eigenvalue weighted by Crippen LogP contribution is -2.60. The number of amides is 5. The van der Waals surface area contributed by atoms with E-state index in [1.807, 2.05) is 54.6 Å². The fraction of sp³-hybridized carbons (Fsp3) is 0.457. The van der Waals surface area contributed by atoms with Gasteiger partial charge in [-0.3, -0.25) is 9.59 Å². The second-order valence-corrected chi connectivity index (χ2v) is 13.8. The molecule has 0 unspecified atom stereocenters. The molecule has 7 atom stereocenters. The minimum absolute atomic E-state index is 0.0934. The number of rotatable bonds is 10. The van der Waals surface area contributed by atoms with Gasteiger partial charge in [0.15, 0.2) is 0 Å². The van der Waals surface area contributed by atoms with Gasteiger partial charge in [0, 0.05) is 25.3 Å². The predicted molar refractivity (Wildman–Crippen MR) is 174 cm³/mol. The van der Waals surface area contributed by atoms with Crippen molar-refractivity contribution in [3.63, 3.8) is 0 Å². The lowest BCUT2D eigenvalue weighted by atomic mass is 9.86. The maximum absolute atomic E-state index is 13.9. The van der Waals surface area contributed by atoms with Crippen molar-refractivity contribution in [1.29, 1.82) is 0 Å². The zero-order chi connectivity index (χ0) is 34.8. The number of carboxylic acids is 1. The second kappa shape index (κ2) is 13.7. The lowest BCUT2D eigenvalue weighted by Gasteiger charge is -2.34. The molecule has 48 heavy (non-hydrogen) atoms. The van der Waals surface area contributed by atoms with Gasteiger partial charge in [0.25, 0.3) is 0 Å². The number of aliphatic hydroxyl groups excluding tert-OH is 1. The number of urea groups is 1. The highest BCUT2D eigenvalue weighted by Gasteiger charge is 2.61. The highest BCUT2D eigenvalue weighted by molar-refractivity contribution is 5.95. The summed E-state index contributed by atoms with van der Waals surface area (Å²) in [4.78, 5) is 67.2. The largest absolute Gasteiger partial charge is 0.479 e. The van der Waals surface area contributed by atoms with E-state index in [0.29, 0.717) is 6.42 Å². The van der Waals surface area contributed by atoms with Crippen LogP contribution in [0.3, 0.4) is 0 Å². The van der Waals surface area contributed by atoms with Crippen LogP contribution >= 0.6 is 0 Å². The highest BCUT2D eigenvalue weighted by atomic mass is 16.6. The van der Waals surface area contributed by atoms with Gasteiger partial charge in [-0.2, -0.15) is 0 Å². The molecule has 6 N–H and O–H groups in total. The zero-order valence-corrected chi connectivity index (χ0v) is 27.3. The summed E-state index contributed by atoms with van der Waals surface area (Å²) < 4.78 is 5.59. The fourth-order valence-corrected chi connectivity index (χ4v) is 6.50. The number of hydrogen-bond donors (Lipinski definition) is 6. The van der Waals surface area contributed by atoms with Crippen LogP contribution in [-0.2, 0) is 32.1 Å². The molecule has 2 aliphatic carbocycles. The molecule has 0 radical (unpaired) electrons. The Hall–Kier alpha value is -4.91. The van der Waals surface area contributed by atoms with E-state index in [1.54, 1.807) is 20.8 Å². The first kappa shape index (κ1) is 34.4. The first-order chi connectivity index (χ1) is 22.7. The number of carboxylic acid groups (broad SMARTS) is 1. The topological polar surface area (TPSA) is 186 Å². The fourth-order valence-electron chi connectivity index (χ4n) is 6.50. The number of nitrogens with zero attached hydrogens (tertiary/aromatic N) is 1. The van der Waals surface area contributed by atoms with Crippen LogP contribution in [0.4, 0.5) is 9.59 Å². The van der Waals surface area contributed by atoms with Gasteiger partial charge in [-0.25, -0.2) is 14.4 Å². The molecule has 0 bridgehead atoms. The molecule has 2 aromatic rings. The van der Waals surface area contributed by atoms with Crippen molar-refractivity contribution in [2.24, 2.45) is 11.3 Å². The van der Waals surface area contributed by atoms with Crippen molar-refractivity contribution >= 4 is 29.9 Å². The number of aliphatic carboxylic acids is 1. The van der Waals surface area contributed by atoms with Gasteiger partial charge in [-0.05, 0) is 28.5 Å². The van der Waals surface area contributed by atoms with E-state index in [2.05, 4.69) is 27.8 Å². The third-order valence-electron chi connectivity index (χ3n) is 9.30. The molecular weight excluding hydrogens is 618 g/mol. The summed E-state index contributed by atoms with van der Waals surface area (Å²) >= 11 is 0. The molecule has 5 amide bonds. The Labute approximate surface area is 279 Å². The van der Waals surface area contributed by atoms with Gasteiger partial charge in [-0.15, -0.1) is 6.58 Å². The van der Waals surface area contributed by atoms with Crippen LogP contribution in [0, 0.1) is 11.3 Å². The molecular formula is C35H43N5O8. The van der Waals surface area contributed by atoms with Crippen molar-refractivity contribution < 1.29 is 38.9 Å². The molecule has 5 rings (SSSR count). The quantitative estimate of drug-likeness (QED) is 0.210. The summed E-state index contributed by atoms with van der Waals surface area (Å²) in [5.74, 6) is -2.96. The molecule has 13 nitrogen and oxygen atoms in total. The smallest absolute Gasteiger partial charge is 0.407 e. The molecule has 0 spiro atoms. The Morgan fingerprint density at radius 2 is 1.77 bits per heavy atom. The van der Waals surface area contributed by atoms with E-state index in [0.717, 1.165) is 21.6 Å². The minimum atomic E-state index is -1.54. The second-order valence-electron chi connectivity index (χ2n) is 13.8. The summed E-state index contributed by atoms with van der Waals surface area (Å²) in [7, 11) is 0. The number of alkyl carbamates (subject to hydrolysis) is 1. The van der Waals surface area contributed by atoms with Crippen LogP contribution in [0.15, 0.2) is 67.3 Å². The third kappa shape index (κ3) is 7.30. The number of aliphatic hydroxyl groups is 1. The number of likely N-dealkylation sites (tertiary alicyclic amines) is 1. The molecule has 1 heterocycles. The van der Waals surface area contributed by atoms with Crippen molar-refractivity contribution in [3.8, 4) is 0 Å². The first-order valence-electron chi connectivity index (χ1n) is 16.0. The Bertz CT molecular complexity index is 1580. The monoisotopic (exact) mass is 661 g/mol. The van der Waals surface area contributed by atoms with Crippen LogP contribution in [0.25, 0.3) is 0 Å². The number of fused-ring (bicyclic) bond motifs is 1. The first-order valence-corrected chi connectivity index (χ1v) is 16.0. The number of hydrogen-bond acceptors (Lipinski definition) is 7. The van der Waals surface area contributed by atoms with Crippen molar-refractivity contribution in [2.75, 3.05) is 6.54 Å². The predicted octanol–water partition coefficient (Wildman–Crippen LogP) is 2.40. The Kier molecular flexibility index (Phi) is 9.81. The Morgan fingerprint density at radius 1 is 1.08 bits per heavy atom. The van der Waals surface area contributed by atoms with Crippen LogP contribution in [0.1, 0.15) is 56.3 Å². The molecule has 2 aromatic carbocycles. The van der Waals surface area contributed by atoms with Gasteiger partial charge in [0.2, 0.25) is 11.8 Å². The minimum Gasteiger partial charge on any atom is -0.479 e. The van der Waals surface area contributed by atoms with Crippen molar-refractivity contribution in [3.05, 3.63) is 83.9 Å².